The van der Waals surface area contributed by atoms with Gasteiger partial charge in [0.25, 0.3) is 5.91 Å². The van der Waals surface area contributed by atoms with Crippen molar-refractivity contribution in [2.75, 3.05) is 69.5 Å². The summed E-state index contributed by atoms with van der Waals surface area (Å²) in [6, 6.07) is 17.2. The monoisotopic (exact) mass is 913 g/mol. The molecule has 2 aliphatic rings. The van der Waals surface area contributed by atoms with Gasteiger partial charge in [-0.1, -0.05) is 31.9 Å². The number of aromatic nitrogens is 3. The van der Waals surface area contributed by atoms with Gasteiger partial charge >= 0.3 is 6.18 Å². The normalized spacial score (nSPS) is 19.4. The molecule has 7 rings (SSSR count). The Morgan fingerprint density at radius 1 is 1.08 bits per heavy atom. The van der Waals surface area contributed by atoms with Gasteiger partial charge in [-0.25, -0.2) is 14.4 Å². The standard InChI is InChI=1S/C48H55F4N9O5/c1-29(2)45-47(64)57-32(26-62)20-30-11-13-34(23-42(30)60(45)4)66-44(39-15-18-53-28-56-39)24-55-46(63)31-12-14-43(65-5)40(21-31)54-17-7-8-33-22-35-37(58-38-16-19-59(3)25-36(38)49)9-6-10-41(35)61(33)27-48(50,51)52/h6,9-15,18,21-23,28-29,32,36,38,44-45,54,58,62H,16-17,19-20,24-27H2,1-5H3,(H,55,63)(H,57,64)/t32-,36-,38+,44+,45-/m0/s1. The molecule has 0 saturated carbocycles. The van der Waals surface area contributed by atoms with E-state index in [9.17, 15) is 32.3 Å². The number of ether oxygens (including phenoxy) is 2. The number of aliphatic hydroxyl groups is 1. The summed E-state index contributed by atoms with van der Waals surface area (Å²) in [4.78, 5) is 39.2. The van der Waals surface area contributed by atoms with Crippen LogP contribution in [0, 0.1) is 17.8 Å². The summed E-state index contributed by atoms with van der Waals surface area (Å²) in [5.74, 6) is 6.03. The van der Waals surface area contributed by atoms with Crippen LogP contribution in [0.3, 0.4) is 0 Å². The number of amides is 2. The lowest BCUT2D eigenvalue weighted by Crippen LogP contribution is -2.54. The van der Waals surface area contributed by atoms with Gasteiger partial charge in [-0.2, -0.15) is 13.2 Å². The van der Waals surface area contributed by atoms with Gasteiger partial charge < -0.3 is 50.2 Å². The number of fused-ring (bicyclic) bond motifs is 2. The van der Waals surface area contributed by atoms with Gasteiger partial charge in [-0.3, -0.25) is 9.59 Å². The first-order valence-corrected chi connectivity index (χ1v) is 21.8. The maximum Gasteiger partial charge on any atom is 0.406 e. The number of rotatable bonds is 14. The number of alkyl halides is 4. The van der Waals surface area contributed by atoms with Crippen molar-refractivity contribution in [1.82, 2.24) is 30.1 Å². The minimum Gasteiger partial charge on any atom is -0.495 e. The van der Waals surface area contributed by atoms with E-state index >= 15 is 0 Å². The van der Waals surface area contributed by atoms with Crippen molar-refractivity contribution in [1.29, 1.82) is 0 Å². The van der Waals surface area contributed by atoms with Crippen molar-refractivity contribution in [3.8, 4) is 23.3 Å². The van der Waals surface area contributed by atoms with Crippen LogP contribution in [0.1, 0.15) is 53.7 Å². The van der Waals surface area contributed by atoms with Gasteiger partial charge in [0.05, 0.1) is 61.5 Å². The van der Waals surface area contributed by atoms with E-state index in [1.165, 1.54) is 13.4 Å². The number of aliphatic hydroxyl groups excluding tert-OH is 1. The number of benzene rings is 3. The van der Waals surface area contributed by atoms with Gasteiger partial charge in [-0.15, -0.1) is 0 Å². The van der Waals surface area contributed by atoms with Crippen LogP contribution in [0.4, 0.5) is 34.6 Å². The van der Waals surface area contributed by atoms with E-state index in [-0.39, 0.29) is 49.3 Å². The molecule has 0 spiro atoms. The zero-order valence-electron chi connectivity index (χ0n) is 37.5. The van der Waals surface area contributed by atoms with E-state index in [4.69, 9.17) is 9.47 Å². The largest absolute Gasteiger partial charge is 0.495 e. The molecule has 2 amide bonds. The molecule has 14 nitrogen and oxygen atoms in total. The van der Waals surface area contributed by atoms with E-state index in [0.717, 1.165) is 15.8 Å². The van der Waals surface area contributed by atoms with Crippen LogP contribution in [0.15, 0.2) is 79.3 Å². The molecule has 2 aliphatic heterocycles. The zero-order valence-corrected chi connectivity index (χ0v) is 37.5. The second-order valence-corrected chi connectivity index (χ2v) is 17.0. The van der Waals surface area contributed by atoms with Gasteiger partial charge in [0.15, 0.2) is 6.10 Å². The van der Waals surface area contributed by atoms with E-state index in [2.05, 4.69) is 43.1 Å². The highest BCUT2D eigenvalue weighted by atomic mass is 19.4. The summed E-state index contributed by atoms with van der Waals surface area (Å²) in [5.41, 5.74) is 3.89. The molecule has 4 heterocycles. The van der Waals surface area contributed by atoms with Crippen LogP contribution in [-0.4, -0.2) is 121 Å². The van der Waals surface area contributed by atoms with Crippen LogP contribution in [0.5, 0.6) is 11.5 Å². The molecule has 66 heavy (non-hydrogen) atoms. The maximum absolute atomic E-state index is 14.9. The number of nitrogens with one attached hydrogen (secondary N) is 4. The van der Waals surface area contributed by atoms with Gasteiger partial charge in [-0.05, 0) is 85.8 Å². The highest BCUT2D eigenvalue weighted by molar-refractivity contribution is 5.96. The molecule has 5 atom stereocenters. The Morgan fingerprint density at radius 2 is 1.89 bits per heavy atom. The molecule has 18 heteroatoms. The van der Waals surface area contributed by atoms with E-state index in [1.54, 1.807) is 60.8 Å². The first-order chi connectivity index (χ1) is 31.6. The number of carbonyl (C=O) groups is 2. The number of likely N-dealkylation sites (tertiary alicyclic amines) is 1. The van der Waals surface area contributed by atoms with Crippen molar-refractivity contribution >= 4 is 39.8 Å². The molecule has 1 fully saturated rings. The highest BCUT2D eigenvalue weighted by Gasteiger charge is 2.34. The Labute approximate surface area is 381 Å². The number of hydrogen-bond acceptors (Lipinski definition) is 11. The summed E-state index contributed by atoms with van der Waals surface area (Å²) >= 11 is 0. The third-order valence-electron chi connectivity index (χ3n) is 11.9. The van der Waals surface area contributed by atoms with Crippen LogP contribution in [0.2, 0.25) is 0 Å². The molecule has 5 N–H and O–H groups in total. The van der Waals surface area contributed by atoms with Crippen molar-refractivity contribution in [3.63, 3.8) is 0 Å². The maximum atomic E-state index is 14.9. The lowest BCUT2D eigenvalue weighted by molar-refractivity contribution is -0.140. The molecule has 1 saturated heterocycles. The molecule has 0 radical (unpaired) electrons. The highest BCUT2D eigenvalue weighted by Crippen LogP contribution is 2.34. The number of likely N-dealkylation sites (N-methyl/N-ethyl adjacent to an activating group) is 1. The molecule has 3 aromatic carbocycles. The number of carbonyl (C=O) groups excluding carboxylic acids is 2. The fraction of sp³-hybridized carbons (Fsp3) is 0.417. The number of halogens is 4. The Hall–Kier alpha value is -6.58. The smallest absolute Gasteiger partial charge is 0.406 e. The average molecular weight is 914 g/mol. The fourth-order valence-corrected chi connectivity index (χ4v) is 8.60. The molecule has 0 bridgehead atoms. The van der Waals surface area contributed by atoms with Crippen LogP contribution in [-0.2, 0) is 17.8 Å². The average Bonchev–Trinajstić information content (AvgIpc) is 3.63. The Kier molecular flexibility index (Phi) is 14.9. The lowest BCUT2D eigenvalue weighted by atomic mass is 9.95. The second-order valence-electron chi connectivity index (χ2n) is 17.0. The topological polar surface area (TPSA) is 158 Å². The SMILES string of the molecule is COc1ccc(C(=O)NC[C@@H](Oc2ccc3c(c2)N(C)[C@@H](C(C)C)C(=O)N[C@H](CO)C3)c2ccncn2)cc1NCC#Cc1cc2c(N[C@@H]3CCN(C)C[C@@H]3F)cccc2n1CC(F)(F)F. The Morgan fingerprint density at radius 3 is 2.61 bits per heavy atom. The quantitative estimate of drug-likeness (QED) is 0.0662. The fourth-order valence-electron chi connectivity index (χ4n) is 8.60. The van der Waals surface area contributed by atoms with E-state index in [0.29, 0.717) is 58.9 Å². The predicted molar refractivity (Wildman–Crippen MR) is 245 cm³/mol. The van der Waals surface area contributed by atoms with Gasteiger partial charge in [0.1, 0.15) is 36.6 Å². The predicted octanol–water partition coefficient (Wildman–Crippen LogP) is 5.96. The second kappa shape index (κ2) is 20.7. The molecule has 0 unspecified atom stereocenters. The zero-order chi connectivity index (χ0) is 47.1. The third-order valence-corrected chi connectivity index (χ3v) is 11.9. The van der Waals surface area contributed by atoms with Crippen molar-refractivity contribution in [2.45, 2.75) is 69.8 Å². The van der Waals surface area contributed by atoms with Crippen molar-refractivity contribution < 1.29 is 41.7 Å². The van der Waals surface area contributed by atoms with Crippen LogP contribution >= 0.6 is 0 Å². The lowest BCUT2D eigenvalue weighted by Gasteiger charge is -2.37. The molecular weight excluding hydrogens is 859 g/mol. The Bertz CT molecular complexity index is 2560. The number of hydrogen-bond donors (Lipinski definition) is 5. The summed E-state index contributed by atoms with van der Waals surface area (Å²) in [6.45, 7) is 3.39. The molecule has 2 aromatic heterocycles. The third kappa shape index (κ3) is 11.3. The van der Waals surface area contributed by atoms with Gasteiger partial charge in [0.2, 0.25) is 5.91 Å². The van der Waals surface area contributed by atoms with Crippen LogP contribution in [0.25, 0.3) is 10.9 Å². The first kappa shape index (κ1) is 47.4. The summed E-state index contributed by atoms with van der Waals surface area (Å²) in [5, 5.41) is 22.8. The minimum absolute atomic E-state index is 0.00215. The van der Waals surface area contributed by atoms with Gasteiger partial charge in [0, 0.05) is 54.7 Å². The summed E-state index contributed by atoms with van der Waals surface area (Å²) in [6.07, 6.45) is -2.51. The van der Waals surface area contributed by atoms with Crippen molar-refractivity contribution in [3.05, 3.63) is 102 Å². The number of methoxy groups -OCH3 is 1. The van der Waals surface area contributed by atoms with Crippen LogP contribution < -0.4 is 35.6 Å². The summed E-state index contributed by atoms with van der Waals surface area (Å²) < 4.78 is 69.8. The van der Waals surface area contributed by atoms with E-state index < -0.39 is 49.0 Å². The summed E-state index contributed by atoms with van der Waals surface area (Å²) in [7, 11) is 5.17. The minimum atomic E-state index is -4.53. The molecule has 5 aromatic rings. The number of anilines is 3. The molecule has 350 valence electrons. The van der Waals surface area contributed by atoms with Crippen molar-refractivity contribution in [2.24, 2.45) is 5.92 Å². The van der Waals surface area contributed by atoms with E-state index in [1.807, 2.05) is 49.9 Å². The first-order valence-electron chi connectivity index (χ1n) is 21.8. The molecule has 0 aliphatic carbocycles. The molecular formula is C48H55F4N9O5. The number of piperidine rings is 1. The number of nitrogens with zero attached hydrogens (tertiary/aromatic N) is 5. The Balaban J connectivity index is 1.07.